The number of carbonyl (C=O) groups is 1. The van der Waals surface area contributed by atoms with E-state index in [0.29, 0.717) is 11.0 Å². The molecule has 0 saturated heterocycles. The summed E-state index contributed by atoms with van der Waals surface area (Å²) in [6.07, 6.45) is 1.57. The van der Waals surface area contributed by atoms with Gasteiger partial charge in [-0.25, -0.2) is 4.79 Å². The van der Waals surface area contributed by atoms with E-state index >= 15 is 0 Å². The summed E-state index contributed by atoms with van der Waals surface area (Å²) in [4.78, 5) is 34.4. The molecule has 0 bridgehead atoms. The van der Waals surface area contributed by atoms with E-state index in [0.717, 1.165) is 4.57 Å². The van der Waals surface area contributed by atoms with Gasteiger partial charge in [0.05, 0.1) is 5.39 Å². The van der Waals surface area contributed by atoms with Gasteiger partial charge < -0.3 is 10.3 Å². The maximum Gasteiger partial charge on any atom is 0.332 e. The Kier molecular flexibility index (Phi) is 2.38. The van der Waals surface area contributed by atoms with Crippen LogP contribution in [-0.2, 0) is 25.4 Å². The highest BCUT2D eigenvalue weighted by Crippen LogP contribution is 2.08. The van der Waals surface area contributed by atoms with Crippen molar-refractivity contribution in [3.05, 3.63) is 33.1 Å². The molecule has 90 valence electrons. The number of hydrogen-bond donors (Lipinski definition) is 1. The molecule has 0 radical (unpaired) electrons. The highest BCUT2D eigenvalue weighted by Gasteiger charge is 2.13. The molecule has 2 N–H and O–H groups in total. The second-order valence-corrected chi connectivity index (χ2v) is 3.85. The molecule has 2 heterocycles. The first-order chi connectivity index (χ1) is 7.93. The van der Waals surface area contributed by atoms with Crippen LogP contribution in [0.15, 0.2) is 21.9 Å². The maximum atomic E-state index is 11.8. The van der Waals surface area contributed by atoms with Gasteiger partial charge >= 0.3 is 5.69 Å². The van der Waals surface area contributed by atoms with E-state index < -0.39 is 11.6 Å². The van der Waals surface area contributed by atoms with Crippen molar-refractivity contribution in [1.82, 2.24) is 13.7 Å². The van der Waals surface area contributed by atoms with E-state index in [1.54, 1.807) is 19.3 Å². The largest absolute Gasteiger partial charge is 0.368 e. The number of rotatable bonds is 2. The first-order valence-electron chi connectivity index (χ1n) is 4.96. The summed E-state index contributed by atoms with van der Waals surface area (Å²) in [5.74, 6) is -0.532. The Morgan fingerprint density at radius 3 is 2.53 bits per heavy atom. The molecule has 2 rings (SSSR count). The zero-order chi connectivity index (χ0) is 12.7. The second-order valence-electron chi connectivity index (χ2n) is 3.85. The molecule has 0 aliphatic carbocycles. The molecule has 0 aromatic carbocycles. The van der Waals surface area contributed by atoms with Crippen molar-refractivity contribution in [2.24, 2.45) is 19.8 Å². The number of aryl methyl sites for hydroxylation is 1. The van der Waals surface area contributed by atoms with Crippen LogP contribution in [0.4, 0.5) is 0 Å². The first kappa shape index (κ1) is 11.2. The average Bonchev–Trinajstić information content (AvgIpc) is 2.66. The molecule has 0 fully saturated rings. The molecular formula is C10H12N4O3. The van der Waals surface area contributed by atoms with Crippen molar-refractivity contribution < 1.29 is 4.79 Å². The number of hydrogen-bond acceptors (Lipinski definition) is 3. The standard InChI is InChI=1S/C10H12N4O3/c1-12-8-6(9(16)13(2)10(12)17)3-4-14(8)5-7(11)15/h3-4H,5H2,1-2H3,(H2,11,15). The van der Waals surface area contributed by atoms with Gasteiger partial charge in [0.2, 0.25) is 5.91 Å². The lowest BCUT2D eigenvalue weighted by atomic mass is 10.4. The van der Waals surface area contributed by atoms with Crippen molar-refractivity contribution in [3.63, 3.8) is 0 Å². The van der Waals surface area contributed by atoms with Gasteiger partial charge in [0.25, 0.3) is 5.56 Å². The minimum absolute atomic E-state index is 0.0655. The Bertz CT molecular complexity index is 719. The normalized spacial score (nSPS) is 10.9. The van der Waals surface area contributed by atoms with Gasteiger partial charge in [-0.1, -0.05) is 0 Å². The van der Waals surface area contributed by atoms with Crippen LogP contribution >= 0.6 is 0 Å². The van der Waals surface area contributed by atoms with Gasteiger partial charge in [-0.15, -0.1) is 0 Å². The lowest BCUT2D eigenvalue weighted by molar-refractivity contribution is -0.118. The highest BCUT2D eigenvalue weighted by molar-refractivity contribution is 5.79. The van der Waals surface area contributed by atoms with E-state index in [9.17, 15) is 14.4 Å². The number of aromatic nitrogens is 3. The van der Waals surface area contributed by atoms with Crippen LogP contribution in [0.3, 0.4) is 0 Å². The molecule has 7 heteroatoms. The third-order valence-electron chi connectivity index (χ3n) is 2.69. The maximum absolute atomic E-state index is 11.8. The van der Waals surface area contributed by atoms with Crippen LogP contribution in [0.25, 0.3) is 11.0 Å². The van der Waals surface area contributed by atoms with Crippen molar-refractivity contribution >= 4 is 16.9 Å². The monoisotopic (exact) mass is 236 g/mol. The van der Waals surface area contributed by atoms with Crippen LogP contribution in [0.5, 0.6) is 0 Å². The lowest BCUT2D eigenvalue weighted by Gasteiger charge is -2.07. The minimum atomic E-state index is -0.532. The molecule has 0 spiro atoms. The summed E-state index contributed by atoms with van der Waals surface area (Å²) in [7, 11) is 2.96. The second kappa shape index (κ2) is 3.62. The predicted molar refractivity (Wildman–Crippen MR) is 61.6 cm³/mol. The average molecular weight is 236 g/mol. The van der Waals surface area contributed by atoms with Gasteiger partial charge in [-0.3, -0.25) is 18.7 Å². The van der Waals surface area contributed by atoms with Gasteiger partial charge in [-0.2, -0.15) is 0 Å². The predicted octanol–water partition coefficient (Wildman–Crippen LogP) is -1.48. The minimum Gasteiger partial charge on any atom is -0.368 e. The van der Waals surface area contributed by atoms with Crippen molar-refractivity contribution in [3.8, 4) is 0 Å². The number of primary amides is 1. The molecule has 0 saturated carbocycles. The number of fused-ring (bicyclic) bond motifs is 1. The van der Waals surface area contributed by atoms with Crippen LogP contribution in [-0.4, -0.2) is 19.6 Å². The Morgan fingerprint density at radius 1 is 1.29 bits per heavy atom. The van der Waals surface area contributed by atoms with E-state index in [1.807, 2.05) is 0 Å². The molecular weight excluding hydrogens is 224 g/mol. The van der Waals surface area contributed by atoms with Crippen molar-refractivity contribution in [2.45, 2.75) is 6.54 Å². The molecule has 0 aliphatic rings. The van der Waals surface area contributed by atoms with Gasteiger partial charge in [-0.05, 0) is 6.07 Å². The Morgan fingerprint density at radius 2 is 1.94 bits per heavy atom. The first-order valence-corrected chi connectivity index (χ1v) is 4.96. The van der Waals surface area contributed by atoms with Crippen LogP contribution in [0, 0.1) is 0 Å². The molecule has 17 heavy (non-hydrogen) atoms. The fourth-order valence-corrected chi connectivity index (χ4v) is 1.88. The SMILES string of the molecule is Cn1c(=O)c2ccn(CC(N)=O)c2n(C)c1=O. The van der Waals surface area contributed by atoms with Crippen LogP contribution in [0.1, 0.15) is 0 Å². The van der Waals surface area contributed by atoms with E-state index in [-0.39, 0.29) is 12.1 Å². The smallest absolute Gasteiger partial charge is 0.332 e. The summed E-state index contributed by atoms with van der Waals surface area (Å²) in [6.45, 7) is -0.0655. The van der Waals surface area contributed by atoms with Crippen LogP contribution in [0.2, 0.25) is 0 Å². The Balaban J connectivity index is 2.90. The molecule has 0 atom stereocenters. The summed E-state index contributed by atoms with van der Waals surface area (Å²) < 4.78 is 3.83. The molecule has 1 amide bonds. The van der Waals surface area contributed by atoms with E-state index in [1.165, 1.54) is 16.2 Å². The van der Waals surface area contributed by atoms with E-state index in [4.69, 9.17) is 5.73 Å². The number of carbonyl (C=O) groups excluding carboxylic acids is 1. The fraction of sp³-hybridized carbons (Fsp3) is 0.300. The molecule has 2 aromatic heterocycles. The van der Waals surface area contributed by atoms with Crippen LogP contribution < -0.4 is 17.0 Å². The quantitative estimate of drug-likeness (QED) is 0.689. The zero-order valence-electron chi connectivity index (χ0n) is 9.51. The summed E-state index contributed by atoms with van der Waals surface area (Å²) in [5, 5.41) is 0.385. The lowest BCUT2D eigenvalue weighted by Crippen LogP contribution is -2.37. The summed E-state index contributed by atoms with van der Waals surface area (Å²) in [5.41, 5.74) is 4.68. The third kappa shape index (κ3) is 1.55. The fourth-order valence-electron chi connectivity index (χ4n) is 1.88. The summed E-state index contributed by atoms with van der Waals surface area (Å²) >= 11 is 0. The number of nitrogens with zero attached hydrogens (tertiary/aromatic N) is 3. The molecule has 2 aromatic rings. The molecule has 0 aliphatic heterocycles. The van der Waals surface area contributed by atoms with E-state index in [2.05, 4.69) is 0 Å². The highest BCUT2D eigenvalue weighted by atomic mass is 16.2. The third-order valence-corrected chi connectivity index (χ3v) is 2.69. The Hall–Kier alpha value is -2.31. The van der Waals surface area contributed by atoms with Gasteiger partial charge in [0.15, 0.2) is 0 Å². The van der Waals surface area contributed by atoms with Gasteiger partial charge in [0.1, 0.15) is 12.2 Å². The number of nitrogens with two attached hydrogens (primary N) is 1. The molecule has 0 unspecified atom stereocenters. The number of amides is 1. The summed E-state index contributed by atoms with van der Waals surface area (Å²) in [6, 6.07) is 1.57. The zero-order valence-corrected chi connectivity index (χ0v) is 9.51. The van der Waals surface area contributed by atoms with Crippen molar-refractivity contribution in [2.75, 3.05) is 0 Å². The van der Waals surface area contributed by atoms with Gasteiger partial charge in [0, 0.05) is 20.3 Å². The topological polar surface area (TPSA) is 92.0 Å². The Labute approximate surface area is 95.7 Å². The molecule has 7 nitrogen and oxygen atoms in total. The van der Waals surface area contributed by atoms with Crippen molar-refractivity contribution in [1.29, 1.82) is 0 Å².